The Balaban J connectivity index is 1.96. The zero-order valence-electron chi connectivity index (χ0n) is 14.1. The maximum Gasteiger partial charge on any atom is 0.293 e. The molecule has 24 heavy (non-hydrogen) atoms. The van der Waals surface area contributed by atoms with E-state index < -0.39 is 5.54 Å². The van der Waals surface area contributed by atoms with Gasteiger partial charge in [0.05, 0.1) is 0 Å². The summed E-state index contributed by atoms with van der Waals surface area (Å²) in [4.78, 5) is 35.1. The molecule has 1 aliphatic heterocycles. The second-order valence-electron chi connectivity index (χ2n) is 6.07. The van der Waals surface area contributed by atoms with Crippen LogP contribution in [0.3, 0.4) is 0 Å². The first-order valence-corrected chi connectivity index (χ1v) is 8.85. The Hall–Kier alpha value is -2.22. The number of amides is 1. The van der Waals surface area contributed by atoms with Gasteiger partial charge in [-0.25, -0.2) is 9.97 Å². The van der Waals surface area contributed by atoms with Crippen LogP contribution in [0.5, 0.6) is 0 Å². The quantitative estimate of drug-likeness (QED) is 0.901. The van der Waals surface area contributed by atoms with Crippen LogP contribution in [0, 0.1) is 6.92 Å². The second-order valence-corrected chi connectivity index (χ2v) is 6.93. The van der Waals surface area contributed by atoms with Gasteiger partial charge < -0.3 is 14.8 Å². The Morgan fingerprint density at radius 2 is 2.29 bits per heavy atom. The van der Waals surface area contributed by atoms with Gasteiger partial charge in [0, 0.05) is 50.0 Å². The Labute approximate surface area is 144 Å². The molecule has 8 heteroatoms. The number of rotatable bonds is 4. The van der Waals surface area contributed by atoms with Crippen LogP contribution in [0.25, 0.3) is 0 Å². The van der Waals surface area contributed by atoms with E-state index in [9.17, 15) is 9.59 Å². The summed E-state index contributed by atoms with van der Waals surface area (Å²) in [7, 11) is 0. The molecule has 1 N–H and O–H groups in total. The number of aromatic nitrogens is 3. The lowest BCUT2D eigenvalue weighted by Gasteiger charge is -2.28. The van der Waals surface area contributed by atoms with Gasteiger partial charge in [0.15, 0.2) is 5.82 Å². The highest BCUT2D eigenvalue weighted by Crippen LogP contribution is 2.35. The number of carbonyl (C=O) groups excluding carboxylic acids is 1. The molecule has 1 unspecified atom stereocenters. The Morgan fingerprint density at radius 1 is 1.50 bits per heavy atom. The Bertz CT molecular complexity index is 815. The number of hydrogen-bond acceptors (Lipinski definition) is 6. The van der Waals surface area contributed by atoms with Crippen LogP contribution in [0.15, 0.2) is 22.6 Å². The minimum atomic E-state index is -0.564. The van der Waals surface area contributed by atoms with Gasteiger partial charge in [0.1, 0.15) is 10.5 Å². The molecular weight excluding hydrogens is 326 g/mol. The third kappa shape index (κ3) is 2.93. The molecule has 2 aromatic rings. The second kappa shape index (κ2) is 6.35. The molecule has 1 amide bonds. The fourth-order valence-corrected chi connectivity index (χ4v) is 4.11. The van der Waals surface area contributed by atoms with Crippen molar-refractivity contribution in [2.75, 3.05) is 18.0 Å². The number of hydrogen-bond donors (Lipinski definition) is 1. The number of thiazole rings is 1. The number of nitrogens with zero attached hydrogens (tertiary/aromatic N) is 4. The summed E-state index contributed by atoms with van der Waals surface area (Å²) in [6, 6.07) is 0. The van der Waals surface area contributed by atoms with Crippen LogP contribution >= 0.6 is 11.3 Å². The van der Waals surface area contributed by atoms with Gasteiger partial charge in [-0.15, -0.1) is 11.3 Å². The van der Waals surface area contributed by atoms with Crippen LogP contribution in [0.2, 0.25) is 0 Å². The van der Waals surface area contributed by atoms with Crippen LogP contribution in [-0.4, -0.2) is 33.5 Å². The molecule has 7 nitrogen and oxygen atoms in total. The average molecular weight is 347 g/mol. The van der Waals surface area contributed by atoms with Gasteiger partial charge in [-0.1, -0.05) is 0 Å². The van der Waals surface area contributed by atoms with Crippen molar-refractivity contribution in [1.29, 1.82) is 0 Å². The zero-order chi connectivity index (χ0) is 17.3. The summed E-state index contributed by atoms with van der Waals surface area (Å²) in [5, 5.41) is 5.92. The van der Waals surface area contributed by atoms with Crippen molar-refractivity contribution in [2.45, 2.75) is 39.3 Å². The van der Waals surface area contributed by atoms with Gasteiger partial charge in [0.25, 0.3) is 5.56 Å². The van der Waals surface area contributed by atoms with E-state index in [1.165, 1.54) is 6.92 Å². The molecule has 3 rings (SSSR count). The molecule has 1 aliphatic rings. The molecule has 1 saturated heterocycles. The van der Waals surface area contributed by atoms with Crippen molar-refractivity contribution in [3.8, 4) is 0 Å². The molecule has 0 radical (unpaired) electrons. The highest BCUT2D eigenvalue weighted by molar-refractivity contribution is 7.09. The largest absolute Gasteiger partial charge is 0.349 e. The number of carbonyl (C=O) groups is 1. The topological polar surface area (TPSA) is 80.1 Å². The van der Waals surface area contributed by atoms with Crippen LogP contribution < -0.4 is 15.8 Å². The lowest BCUT2D eigenvalue weighted by molar-refractivity contribution is -0.120. The zero-order valence-corrected chi connectivity index (χ0v) is 14.9. The number of aryl methyl sites for hydroxylation is 2. The summed E-state index contributed by atoms with van der Waals surface area (Å²) in [6.45, 7) is 7.12. The predicted molar refractivity (Wildman–Crippen MR) is 93.3 cm³/mol. The molecule has 0 spiro atoms. The van der Waals surface area contributed by atoms with Crippen LogP contribution in [0.4, 0.5) is 5.82 Å². The summed E-state index contributed by atoms with van der Waals surface area (Å²) in [5.74, 6) is 0.330. The molecule has 0 aliphatic carbocycles. The molecule has 1 atom stereocenters. The van der Waals surface area contributed by atoms with Crippen molar-refractivity contribution < 1.29 is 4.79 Å². The SMILES string of the molecule is CCn1ccnc(N2CCC(NC(C)=O)(c3nc(C)cs3)C2)c1=O. The number of anilines is 1. The van der Waals surface area contributed by atoms with Crippen LogP contribution in [0.1, 0.15) is 31.0 Å². The average Bonchev–Trinajstić information content (AvgIpc) is 3.15. The first-order valence-electron chi connectivity index (χ1n) is 7.97. The van der Waals surface area contributed by atoms with E-state index in [0.717, 1.165) is 10.7 Å². The maximum absolute atomic E-state index is 12.5. The normalized spacial score (nSPS) is 20.4. The molecular formula is C16H21N5O2S. The van der Waals surface area contributed by atoms with Gasteiger partial charge in [0.2, 0.25) is 5.91 Å². The lowest BCUT2D eigenvalue weighted by Crippen LogP contribution is -2.47. The standard InChI is InChI=1S/C16H21N5O2S/c1-4-20-8-6-17-13(14(20)23)21-7-5-16(10-21,19-12(3)22)15-18-11(2)9-24-15/h6,8-9H,4-5,7,10H2,1-3H3,(H,19,22). The summed E-state index contributed by atoms with van der Waals surface area (Å²) < 4.78 is 1.63. The lowest BCUT2D eigenvalue weighted by atomic mass is 9.99. The van der Waals surface area contributed by atoms with Crippen molar-refractivity contribution in [2.24, 2.45) is 0 Å². The van der Waals surface area contributed by atoms with E-state index in [-0.39, 0.29) is 11.5 Å². The van der Waals surface area contributed by atoms with Crippen molar-refractivity contribution in [3.05, 3.63) is 38.8 Å². The number of nitrogens with one attached hydrogen (secondary N) is 1. The first kappa shape index (κ1) is 16.6. The van der Waals surface area contributed by atoms with Crippen molar-refractivity contribution >= 4 is 23.1 Å². The van der Waals surface area contributed by atoms with E-state index >= 15 is 0 Å². The summed E-state index contributed by atoms with van der Waals surface area (Å²) >= 11 is 1.54. The third-order valence-electron chi connectivity index (χ3n) is 4.25. The van der Waals surface area contributed by atoms with Gasteiger partial charge in [-0.2, -0.15) is 0 Å². The highest BCUT2D eigenvalue weighted by Gasteiger charge is 2.43. The Kier molecular flexibility index (Phi) is 4.40. The van der Waals surface area contributed by atoms with Gasteiger partial charge >= 0.3 is 0 Å². The first-order chi connectivity index (χ1) is 11.4. The van der Waals surface area contributed by atoms with E-state index in [4.69, 9.17) is 0 Å². The summed E-state index contributed by atoms with van der Waals surface area (Å²) in [6.07, 6.45) is 4.03. The minimum absolute atomic E-state index is 0.100. The highest BCUT2D eigenvalue weighted by atomic mass is 32.1. The van der Waals surface area contributed by atoms with E-state index in [0.29, 0.717) is 31.9 Å². The van der Waals surface area contributed by atoms with Crippen molar-refractivity contribution in [1.82, 2.24) is 19.9 Å². The molecule has 2 aromatic heterocycles. The third-order valence-corrected chi connectivity index (χ3v) is 5.41. The summed E-state index contributed by atoms with van der Waals surface area (Å²) in [5.41, 5.74) is 0.268. The van der Waals surface area contributed by atoms with Gasteiger partial charge in [-0.3, -0.25) is 9.59 Å². The van der Waals surface area contributed by atoms with E-state index in [1.54, 1.807) is 28.3 Å². The molecule has 0 saturated carbocycles. The molecule has 3 heterocycles. The van der Waals surface area contributed by atoms with E-state index in [1.807, 2.05) is 24.1 Å². The molecule has 0 bridgehead atoms. The predicted octanol–water partition coefficient (Wildman–Crippen LogP) is 1.27. The molecule has 128 valence electrons. The molecule has 1 fully saturated rings. The van der Waals surface area contributed by atoms with Crippen molar-refractivity contribution in [3.63, 3.8) is 0 Å². The minimum Gasteiger partial charge on any atom is -0.349 e. The van der Waals surface area contributed by atoms with E-state index in [2.05, 4.69) is 15.3 Å². The fraction of sp³-hybridized carbons (Fsp3) is 0.500. The smallest absolute Gasteiger partial charge is 0.293 e. The van der Waals surface area contributed by atoms with Gasteiger partial charge in [-0.05, 0) is 20.3 Å². The molecule has 0 aromatic carbocycles. The monoisotopic (exact) mass is 347 g/mol. The Morgan fingerprint density at radius 3 is 2.92 bits per heavy atom. The maximum atomic E-state index is 12.5. The fourth-order valence-electron chi connectivity index (χ4n) is 3.13. The van der Waals surface area contributed by atoms with Crippen LogP contribution in [-0.2, 0) is 16.9 Å².